The predicted octanol–water partition coefficient (Wildman–Crippen LogP) is -0.207. The van der Waals surface area contributed by atoms with E-state index in [-0.39, 0.29) is 50.6 Å². The van der Waals surface area contributed by atoms with Gasteiger partial charge in [-0.2, -0.15) is 0 Å². The molecule has 4 aliphatic heterocycles. The monoisotopic (exact) mass is 424 g/mol. The molecule has 4 fully saturated rings. The zero-order valence-electron chi connectivity index (χ0n) is 17.5. The number of hydrogen-bond acceptors (Lipinski definition) is 6. The first-order valence-electron chi connectivity index (χ1n) is 10.1. The first-order valence-corrected chi connectivity index (χ1v) is 10.1. The van der Waals surface area contributed by atoms with Crippen molar-refractivity contribution in [2.24, 2.45) is 11.8 Å². The number of carboxylic acids is 2. The fourth-order valence-corrected chi connectivity index (χ4v) is 5.29. The molecule has 4 amide bonds. The maximum atomic E-state index is 13.2. The Kier molecular flexibility index (Phi) is 4.81. The minimum absolute atomic E-state index is 0.107. The number of carboxylic acid groups (broad SMARTS) is 2. The molecule has 2 atom stereocenters. The molecule has 0 aromatic carbocycles. The SMILES string of the molecule is CC(C)C(C(=O)O)N1CN2C(=O)N3CN(C(C(=O)O)C(C)C)CN4C(=O)N(C1)C2C34. The van der Waals surface area contributed by atoms with Crippen molar-refractivity contribution in [3.63, 3.8) is 0 Å². The third-order valence-electron chi connectivity index (χ3n) is 6.42. The van der Waals surface area contributed by atoms with Crippen LogP contribution in [0.2, 0.25) is 0 Å². The summed E-state index contributed by atoms with van der Waals surface area (Å²) in [5.41, 5.74) is 0. The summed E-state index contributed by atoms with van der Waals surface area (Å²) in [6, 6.07) is -2.29. The van der Waals surface area contributed by atoms with E-state index < -0.39 is 36.4 Å². The minimum Gasteiger partial charge on any atom is -0.480 e. The van der Waals surface area contributed by atoms with E-state index in [0.29, 0.717) is 0 Å². The van der Waals surface area contributed by atoms with Gasteiger partial charge >= 0.3 is 24.0 Å². The number of aliphatic carboxylic acids is 2. The lowest BCUT2D eigenvalue weighted by molar-refractivity contribution is -0.151. The van der Waals surface area contributed by atoms with Gasteiger partial charge in [0.15, 0.2) is 12.3 Å². The Morgan fingerprint density at radius 3 is 1.17 bits per heavy atom. The van der Waals surface area contributed by atoms with Crippen LogP contribution in [0.25, 0.3) is 0 Å². The Hall–Kier alpha value is -2.60. The highest BCUT2D eigenvalue weighted by atomic mass is 16.4. The Bertz CT molecular complexity index is 693. The number of carbonyl (C=O) groups is 4. The first kappa shape index (κ1) is 20.7. The molecule has 0 bridgehead atoms. The van der Waals surface area contributed by atoms with Crippen molar-refractivity contribution in [3.05, 3.63) is 0 Å². The smallest absolute Gasteiger partial charge is 0.325 e. The molecule has 0 aromatic rings. The predicted molar refractivity (Wildman–Crippen MR) is 101 cm³/mol. The molecule has 0 spiro atoms. The van der Waals surface area contributed by atoms with Crippen molar-refractivity contribution in [2.45, 2.75) is 52.1 Å². The van der Waals surface area contributed by atoms with E-state index in [9.17, 15) is 29.4 Å². The molecular weight excluding hydrogens is 396 g/mol. The van der Waals surface area contributed by atoms with Gasteiger partial charge in [-0.15, -0.1) is 0 Å². The van der Waals surface area contributed by atoms with E-state index in [0.717, 1.165) is 0 Å². The van der Waals surface area contributed by atoms with Gasteiger partial charge < -0.3 is 10.2 Å². The van der Waals surface area contributed by atoms with Crippen LogP contribution in [0.4, 0.5) is 9.59 Å². The van der Waals surface area contributed by atoms with Crippen molar-refractivity contribution in [2.75, 3.05) is 26.7 Å². The van der Waals surface area contributed by atoms with Crippen LogP contribution in [0.1, 0.15) is 27.7 Å². The first-order chi connectivity index (χ1) is 14.0. The number of carbonyl (C=O) groups excluding carboxylic acids is 2. The number of urea groups is 2. The molecule has 4 aliphatic rings. The molecule has 0 radical (unpaired) electrons. The molecule has 30 heavy (non-hydrogen) atoms. The third kappa shape index (κ3) is 2.81. The summed E-state index contributed by atoms with van der Waals surface area (Å²) in [6.07, 6.45) is -0.986. The zero-order valence-corrected chi connectivity index (χ0v) is 17.5. The lowest BCUT2D eigenvalue weighted by Crippen LogP contribution is -2.65. The minimum atomic E-state index is -0.994. The number of hydrogen-bond donors (Lipinski definition) is 2. The molecule has 0 aliphatic carbocycles. The highest BCUT2D eigenvalue weighted by Crippen LogP contribution is 2.41. The standard InChI is InChI=1S/C18H28N6O6/c1-9(2)11(15(25)26)19-5-21-13-14-23(17(21)29)7-20(12(10(3)4)16(27)28)8-24(14)18(30)22(13)6-19/h9-14H,5-8H2,1-4H3,(H,25,26)(H,27,28). The lowest BCUT2D eigenvalue weighted by atomic mass is 10.0. The highest BCUT2D eigenvalue weighted by Gasteiger charge is 2.64. The fourth-order valence-electron chi connectivity index (χ4n) is 5.29. The lowest BCUT2D eigenvalue weighted by Gasteiger charge is -2.45. The molecule has 2 unspecified atom stereocenters. The molecule has 0 aromatic heterocycles. The van der Waals surface area contributed by atoms with Crippen LogP contribution in [0.3, 0.4) is 0 Å². The molecule has 12 heteroatoms. The summed E-state index contributed by atoms with van der Waals surface area (Å²) in [6.45, 7) is 7.61. The summed E-state index contributed by atoms with van der Waals surface area (Å²) < 4.78 is 0. The Labute approximate surface area is 174 Å². The highest BCUT2D eigenvalue weighted by molar-refractivity contribution is 5.86. The van der Waals surface area contributed by atoms with Gasteiger partial charge in [0.05, 0.1) is 26.7 Å². The Morgan fingerprint density at radius 2 is 0.967 bits per heavy atom. The molecule has 12 nitrogen and oxygen atoms in total. The van der Waals surface area contributed by atoms with E-state index in [4.69, 9.17) is 0 Å². The molecule has 4 rings (SSSR count). The average Bonchev–Trinajstić information content (AvgIpc) is 3.07. The van der Waals surface area contributed by atoms with Crippen LogP contribution in [-0.2, 0) is 9.59 Å². The van der Waals surface area contributed by atoms with Crippen molar-refractivity contribution >= 4 is 24.0 Å². The van der Waals surface area contributed by atoms with Gasteiger partial charge in [0.1, 0.15) is 12.1 Å². The van der Waals surface area contributed by atoms with E-state index in [1.54, 1.807) is 37.5 Å². The second kappa shape index (κ2) is 6.98. The van der Waals surface area contributed by atoms with E-state index >= 15 is 0 Å². The van der Waals surface area contributed by atoms with Crippen LogP contribution in [0.15, 0.2) is 0 Å². The van der Waals surface area contributed by atoms with Crippen LogP contribution >= 0.6 is 0 Å². The summed E-state index contributed by atoms with van der Waals surface area (Å²) in [7, 11) is 0. The Balaban J connectivity index is 1.65. The molecule has 166 valence electrons. The van der Waals surface area contributed by atoms with Gasteiger partial charge in [0, 0.05) is 0 Å². The largest absolute Gasteiger partial charge is 0.480 e. The number of amides is 4. The van der Waals surface area contributed by atoms with E-state index in [1.807, 2.05) is 0 Å². The second-order valence-corrected chi connectivity index (χ2v) is 9.07. The van der Waals surface area contributed by atoms with Crippen molar-refractivity contribution in [3.8, 4) is 0 Å². The second-order valence-electron chi connectivity index (χ2n) is 9.07. The molecule has 4 heterocycles. The summed E-state index contributed by atoms with van der Waals surface area (Å²) in [4.78, 5) is 59.4. The fraction of sp³-hybridized carbons (Fsp3) is 0.778. The van der Waals surface area contributed by atoms with Gasteiger partial charge in [-0.25, -0.2) is 9.59 Å². The average molecular weight is 424 g/mol. The topological polar surface area (TPSA) is 128 Å². The van der Waals surface area contributed by atoms with Crippen molar-refractivity contribution in [1.82, 2.24) is 29.4 Å². The third-order valence-corrected chi connectivity index (χ3v) is 6.42. The molecular formula is C18H28N6O6. The molecule has 2 N–H and O–H groups in total. The zero-order chi connectivity index (χ0) is 22.1. The van der Waals surface area contributed by atoms with Crippen LogP contribution < -0.4 is 0 Å². The van der Waals surface area contributed by atoms with Gasteiger partial charge in [-0.1, -0.05) is 27.7 Å². The summed E-state index contributed by atoms with van der Waals surface area (Å²) in [5, 5.41) is 19.3. The van der Waals surface area contributed by atoms with Gasteiger partial charge in [0.25, 0.3) is 0 Å². The number of rotatable bonds is 6. The summed E-state index contributed by atoms with van der Waals surface area (Å²) in [5.74, 6) is -2.40. The Morgan fingerprint density at radius 1 is 0.700 bits per heavy atom. The van der Waals surface area contributed by atoms with Gasteiger partial charge in [0.2, 0.25) is 0 Å². The normalized spacial score (nSPS) is 28.6. The quantitative estimate of drug-likeness (QED) is 0.600. The van der Waals surface area contributed by atoms with E-state index in [2.05, 4.69) is 0 Å². The van der Waals surface area contributed by atoms with Crippen LogP contribution in [-0.4, -0.2) is 115 Å². The number of nitrogens with zero attached hydrogens (tertiary/aromatic N) is 6. The maximum Gasteiger partial charge on any atom is 0.325 e. The molecule has 0 saturated carbocycles. The summed E-state index contributed by atoms with van der Waals surface area (Å²) >= 11 is 0. The van der Waals surface area contributed by atoms with Crippen LogP contribution in [0, 0.1) is 11.8 Å². The van der Waals surface area contributed by atoms with Crippen molar-refractivity contribution in [1.29, 1.82) is 0 Å². The van der Waals surface area contributed by atoms with Gasteiger partial charge in [-0.3, -0.25) is 39.0 Å². The van der Waals surface area contributed by atoms with Crippen molar-refractivity contribution < 1.29 is 29.4 Å². The van der Waals surface area contributed by atoms with E-state index in [1.165, 1.54) is 19.6 Å². The molecule has 4 saturated heterocycles. The maximum absolute atomic E-state index is 13.2. The van der Waals surface area contributed by atoms with Crippen LogP contribution in [0.5, 0.6) is 0 Å². The van der Waals surface area contributed by atoms with Gasteiger partial charge in [-0.05, 0) is 11.8 Å².